The van der Waals surface area contributed by atoms with Gasteiger partial charge in [-0.25, -0.2) is 9.59 Å². The first-order valence-corrected chi connectivity index (χ1v) is 20.9. The zero-order valence-electron chi connectivity index (χ0n) is 37.1. The molecule has 316 valence electrons. The first kappa shape index (κ1) is 49.4. The van der Waals surface area contributed by atoms with Gasteiger partial charge in [0, 0.05) is 41.7 Å². The largest absolute Gasteiger partial charge is 0.462 e. The fraction of sp³-hybridized carbons (Fsp3) is 0.520. The van der Waals surface area contributed by atoms with Gasteiger partial charge in [-0.15, -0.1) is 0 Å². The van der Waals surface area contributed by atoms with E-state index in [-0.39, 0.29) is 69.5 Å². The van der Waals surface area contributed by atoms with Gasteiger partial charge in [-0.2, -0.15) is 0 Å². The van der Waals surface area contributed by atoms with E-state index in [0.717, 1.165) is 12.8 Å². The average molecular weight is 797 g/mol. The van der Waals surface area contributed by atoms with Crippen molar-refractivity contribution in [1.29, 1.82) is 0 Å². The van der Waals surface area contributed by atoms with Crippen LogP contribution in [0.15, 0.2) is 85.0 Å². The molecular formula is C50H68O8. The molecule has 0 saturated heterocycles. The van der Waals surface area contributed by atoms with Crippen LogP contribution in [0.3, 0.4) is 0 Å². The van der Waals surface area contributed by atoms with Gasteiger partial charge in [0.05, 0.1) is 24.3 Å². The predicted octanol–water partition coefficient (Wildman–Crippen LogP) is 11.3. The molecular weight excluding hydrogens is 729 g/mol. The lowest BCUT2D eigenvalue weighted by Gasteiger charge is -2.39. The minimum atomic E-state index is -0.392. The second-order valence-electron chi connectivity index (χ2n) is 17.0. The highest BCUT2D eigenvalue weighted by atomic mass is 16.5. The Kier molecular flexibility index (Phi) is 19.6. The number of ether oxygens (including phenoxy) is 2. The molecule has 0 aliphatic heterocycles. The molecule has 0 amide bonds. The van der Waals surface area contributed by atoms with Crippen LogP contribution in [0, 0.1) is 46.3 Å². The Morgan fingerprint density at radius 2 is 1.09 bits per heavy atom. The van der Waals surface area contributed by atoms with Gasteiger partial charge in [-0.3, -0.25) is 19.2 Å². The standard InChI is InChI=1S/C25H34O4.C13H20O.C12H14O3/c1-7-29-24(28)20-12-10-19(11-13-20)23(27)18(4)17(3)15-21(26)22-16(2)9-8-14-25(22,5)6;1-5-7-11(14)12-10(2)8-6-9-13(12,3)4;1-3-11(13)9-5-7-10(8-6-9)12(14)15-4-2/h8-13,16-18,22H,7,14-15H2,1-6H3;5-8,10,12H,9H2,1-4H3;5-8H,3-4H2,1-2H3/b;7-5+;. The molecule has 2 aromatic carbocycles. The second-order valence-corrected chi connectivity index (χ2v) is 17.0. The molecule has 58 heavy (non-hydrogen) atoms. The van der Waals surface area contributed by atoms with Crippen molar-refractivity contribution in [2.75, 3.05) is 13.2 Å². The van der Waals surface area contributed by atoms with E-state index in [2.05, 4.69) is 65.8 Å². The molecule has 6 atom stereocenters. The summed E-state index contributed by atoms with van der Waals surface area (Å²) < 4.78 is 9.81. The fourth-order valence-corrected chi connectivity index (χ4v) is 8.05. The summed E-state index contributed by atoms with van der Waals surface area (Å²) in [5.74, 6) is 0.239. The smallest absolute Gasteiger partial charge is 0.338 e. The van der Waals surface area contributed by atoms with Crippen molar-refractivity contribution < 1.29 is 38.2 Å². The van der Waals surface area contributed by atoms with Gasteiger partial charge in [0.2, 0.25) is 0 Å². The molecule has 8 nitrogen and oxygen atoms in total. The summed E-state index contributed by atoms with van der Waals surface area (Å²) in [5.41, 5.74) is 2.14. The predicted molar refractivity (Wildman–Crippen MR) is 232 cm³/mol. The number of esters is 2. The fourth-order valence-electron chi connectivity index (χ4n) is 8.05. The van der Waals surface area contributed by atoms with Crippen LogP contribution in [0.25, 0.3) is 0 Å². The summed E-state index contributed by atoms with van der Waals surface area (Å²) in [7, 11) is 0. The van der Waals surface area contributed by atoms with Crippen molar-refractivity contribution in [2.45, 2.75) is 109 Å². The van der Waals surface area contributed by atoms with Crippen molar-refractivity contribution in [3.8, 4) is 0 Å². The van der Waals surface area contributed by atoms with E-state index in [1.165, 1.54) is 0 Å². The third-order valence-electron chi connectivity index (χ3n) is 11.4. The Morgan fingerprint density at radius 3 is 1.48 bits per heavy atom. The third kappa shape index (κ3) is 14.0. The van der Waals surface area contributed by atoms with E-state index < -0.39 is 5.97 Å². The normalized spacial score (nSPS) is 21.2. The molecule has 8 heteroatoms. The van der Waals surface area contributed by atoms with E-state index in [4.69, 9.17) is 9.47 Å². The molecule has 4 rings (SSSR count). The monoisotopic (exact) mass is 796 g/mol. The molecule has 0 saturated carbocycles. The van der Waals surface area contributed by atoms with Crippen LogP contribution in [-0.2, 0) is 19.1 Å². The lowest BCUT2D eigenvalue weighted by molar-refractivity contribution is -0.129. The van der Waals surface area contributed by atoms with E-state index in [0.29, 0.717) is 54.2 Å². The van der Waals surface area contributed by atoms with Gasteiger partial charge in [0.25, 0.3) is 0 Å². The number of ketones is 4. The average Bonchev–Trinajstić information content (AvgIpc) is 3.17. The molecule has 0 bridgehead atoms. The Bertz CT molecular complexity index is 1790. The summed E-state index contributed by atoms with van der Waals surface area (Å²) >= 11 is 0. The first-order chi connectivity index (χ1) is 27.3. The van der Waals surface area contributed by atoms with Gasteiger partial charge in [-0.1, -0.05) is 117 Å². The first-order valence-electron chi connectivity index (χ1n) is 20.9. The summed E-state index contributed by atoms with van der Waals surface area (Å²) in [4.78, 5) is 72.3. The van der Waals surface area contributed by atoms with Gasteiger partial charge in [0.15, 0.2) is 17.3 Å². The SMILES string of the molecule is C/C=C/C(=O)C1C(C)C=CCC1(C)C.CCOC(=O)c1ccc(C(=O)C(C)C(C)CC(=O)C2C(C)C=CCC2(C)C)cc1.CCOC(=O)c1ccc(C(=O)CC)cc1. The number of allylic oxidation sites excluding steroid dienone is 6. The molecule has 0 aromatic heterocycles. The zero-order chi connectivity index (χ0) is 43.8. The van der Waals surface area contributed by atoms with Crippen molar-refractivity contribution in [3.63, 3.8) is 0 Å². The van der Waals surface area contributed by atoms with Crippen molar-refractivity contribution in [1.82, 2.24) is 0 Å². The molecule has 2 aliphatic rings. The number of rotatable bonds is 14. The second kappa shape index (κ2) is 23.0. The molecule has 0 radical (unpaired) electrons. The Hall–Kier alpha value is -4.72. The molecule has 6 unspecified atom stereocenters. The summed E-state index contributed by atoms with van der Waals surface area (Å²) in [6.07, 6.45) is 15.0. The van der Waals surface area contributed by atoms with E-state index in [9.17, 15) is 28.8 Å². The maximum atomic E-state index is 13.1. The number of Topliss-reactive ketones (excluding diaryl/α,β-unsaturated/α-hetero) is 3. The number of carbonyl (C=O) groups is 6. The van der Waals surface area contributed by atoms with E-state index in [1.54, 1.807) is 68.5 Å². The molecule has 0 heterocycles. The highest BCUT2D eigenvalue weighted by molar-refractivity contribution is 5.99. The minimum Gasteiger partial charge on any atom is -0.462 e. The zero-order valence-corrected chi connectivity index (χ0v) is 37.1. The van der Waals surface area contributed by atoms with Gasteiger partial charge in [0.1, 0.15) is 5.78 Å². The molecule has 2 aliphatic carbocycles. The van der Waals surface area contributed by atoms with Crippen LogP contribution in [0.2, 0.25) is 0 Å². The summed E-state index contributed by atoms with van der Waals surface area (Å²) in [5, 5.41) is 0. The van der Waals surface area contributed by atoms with E-state index >= 15 is 0 Å². The van der Waals surface area contributed by atoms with E-state index in [1.807, 2.05) is 33.8 Å². The molecule has 0 spiro atoms. The van der Waals surface area contributed by atoms with Crippen LogP contribution >= 0.6 is 0 Å². The van der Waals surface area contributed by atoms with Crippen LogP contribution in [0.1, 0.15) is 150 Å². The van der Waals surface area contributed by atoms with Gasteiger partial charge in [-0.05, 0) is 92.5 Å². The summed E-state index contributed by atoms with van der Waals surface area (Å²) in [6.45, 7) is 24.6. The van der Waals surface area contributed by atoms with Crippen LogP contribution in [0.4, 0.5) is 0 Å². The highest BCUT2D eigenvalue weighted by Gasteiger charge is 2.40. The quantitative estimate of drug-likeness (QED) is 0.0802. The molecule has 2 aromatic rings. The Morgan fingerprint density at radius 1 is 0.672 bits per heavy atom. The van der Waals surface area contributed by atoms with Crippen LogP contribution in [0.5, 0.6) is 0 Å². The van der Waals surface area contributed by atoms with Crippen molar-refractivity contribution >= 4 is 35.1 Å². The maximum absolute atomic E-state index is 13.1. The topological polar surface area (TPSA) is 121 Å². The number of hydrogen-bond donors (Lipinski definition) is 0. The highest BCUT2D eigenvalue weighted by Crippen LogP contribution is 2.43. The Balaban J connectivity index is 0.000000335. The summed E-state index contributed by atoms with van der Waals surface area (Å²) in [6, 6.07) is 13.1. The molecule has 0 N–H and O–H groups in total. The van der Waals surface area contributed by atoms with Crippen LogP contribution in [-0.4, -0.2) is 48.3 Å². The number of hydrogen-bond acceptors (Lipinski definition) is 8. The lowest BCUT2D eigenvalue weighted by Crippen LogP contribution is -2.38. The van der Waals surface area contributed by atoms with Gasteiger partial charge < -0.3 is 9.47 Å². The minimum absolute atomic E-state index is 0.00319. The number of carbonyl (C=O) groups excluding carboxylic acids is 6. The third-order valence-corrected chi connectivity index (χ3v) is 11.4. The van der Waals surface area contributed by atoms with Crippen LogP contribution < -0.4 is 0 Å². The maximum Gasteiger partial charge on any atom is 0.338 e. The van der Waals surface area contributed by atoms with Crippen molar-refractivity contribution in [2.24, 2.45) is 46.3 Å². The molecule has 0 fully saturated rings. The van der Waals surface area contributed by atoms with Crippen molar-refractivity contribution in [3.05, 3.63) is 107 Å². The lowest BCUT2D eigenvalue weighted by atomic mass is 9.64. The number of benzene rings is 2. The van der Waals surface area contributed by atoms with Gasteiger partial charge >= 0.3 is 11.9 Å². The Labute approximate surface area is 347 Å².